The molecule has 5 nitrogen and oxygen atoms in total. The quantitative estimate of drug-likeness (QED) is 0.475. The molecule has 4 atom stereocenters. The molecule has 0 bridgehead atoms. The fourth-order valence-electron chi connectivity index (χ4n) is 4.22. The number of aliphatic hydroxyl groups excluding tert-OH is 2. The molecule has 1 rings (SSSR count). The monoisotopic (exact) mass is 370 g/mol. The van der Waals surface area contributed by atoms with Gasteiger partial charge in [0.15, 0.2) is 0 Å². The van der Waals surface area contributed by atoms with Gasteiger partial charge in [-0.3, -0.25) is 4.79 Å². The Morgan fingerprint density at radius 2 is 1.54 bits per heavy atom. The molecule has 4 unspecified atom stereocenters. The fourth-order valence-corrected chi connectivity index (χ4v) is 4.22. The molecule has 0 radical (unpaired) electrons. The molecule has 0 saturated heterocycles. The molecule has 26 heavy (non-hydrogen) atoms. The van der Waals surface area contributed by atoms with E-state index in [2.05, 4.69) is 33.0 Å². The molecule has 1 aliphatic rings. The summed E-state index contributed by atoms with van der Waals surface area (Å²) >= 11 is 0. The van der Waals surface area contributed by atoms with Crippen LogP contribution in [0.3, 0.4) is 0 Å². The smallest absolute Gasteiger partial charge is 0.220 e. The number of carbonyl (C=O) groups excluding carboxylic acids is 1. The van der Waals surface area contributed by atoms with Gasteiger partial charge in [-0.15, -0.1) is 0 Å². The summed E-state index contributed by atoms with van der Waals surface area (Å²) < 4.78 is 0. The molecule has 0 spiro atoms. The van der Waals surface area contributed by atoms with Crippen molar-refractivity contribution < 1.29 is 15.0 Å². The molecule has 1 saturated carbocycles. The van der Waals surface area contributed by atoms with Crippen molar-refractivity contribution in [3.8, 4) is 0 Å². The number of carbonyl (C=O) groups is 1. The van der Waals surface area contributed by atoms with Crippen LogP contribution in [0.15, 0.2) is 0 Å². The van der Waals surface area contributed by atoms with Crippen molar-refractivity contribution in [2.75, 3.05) is 6.54 Å². The highest BCUT2D eigenvalue weighted by molar-refractivity contribution is 5.77. The zero-order valence-electron chi connectivity index (χ0n) is 17.5. The van der Waals surface area contributed by atoms with E-state index in [4.69, 9.17) is 5.73 Å². The predicted octanol–water partition coefficient (Wildman–Crippen LogP) is 2.83. The first-order valence-electron chi connectivity index (χ1n) is 10.5. The second-order valence-corrected chi connectivity index (χ2v) is 9.31. The third kappa shape index (κ3) is 6.50. The highest BCUT2D eigenvalue weighted by Gasteiger charge is 2.51. The van der Waals surface area contributed by atoms with E-state index in [0.29, 0.717) is 31.2 Å². The van der Waals surface area contributed by atoms with Crippen LogP contribution in [0.25, 0.3) is 0 Å². The lowest BCUT2D eigenvalue weighted by Crippen LogP contribution is -2.68. The zero-order chi connectivity index (χ0) is 19.9. The first-order chi connectivity index (χ1) is 12.1. The van der Waals surface area contributed by atoms with Crippen molar-refractivity contribution in [3.63, 3.8) is 0 Å². The molecule has 0 aromatic rings. The van der Waals surface area contributed by atoms with Gasteiger partial charge in [-0.25, -0.2) is 0 Å². The molecule has 5 N–H and O–H groups in total. The van der Waals surface area contributed by atoms with Gasteiger partial charge < -0.3 is 21.3 Å². The Morgan fingerprint density at radius 3 is 1.92 bits per heavy atom. The second kappa shape index (κ2) is 10.6. The number of hydrogen-bond donors (Lipinski definition) is 4. The minimum absolute atomic E-state index is 0.109. The Balaban J connectivity index is 2.94. The van der Waals surface area contributed by atoms with E-state index in [1.807, 2.05) is 6.92 Å². The molecule has 0 aliphatic heterocycles. The first-order valence-corrected chi connectivity index (χ1v) is 10.5. The van der Waals surface area contributed by atoms with Crippen molar-refractivity contribution >= 4 is 5.91 Å². The van der Waals surface area contributed by atoms with Gasteiger partial charge >= 0.3 is 0 Å². The fraction of sp³-hybridized carbons (Fsp3) is 0.952. The summed E-state index contributed by atoms with van der Waals surface area (Å²) in [5, 5.41) is 25.1. The molecule has 5 heteroatoms. The number of nitrogens with two attached hydrogens (primary N) is 1. The van der Waals surface area contributed by atoms with Crippen LogP contribution in [0.4, 0.5) is 0 Å². The maximum absolute atomic E-state index is 12.3. The Hall–Kier alpha value is -0.650. The molecule has 1 aliphatic carbocycles. The van der Waals surface area contributed by atoms with Gasteiger partial charge in [0.2, 0.25) is 5.91 Å². The first kappa shape index (κ1) is 23.4. The van der Waals surface area contributed by atoms with Gasteiger partial charge in [0.1, 0.15) is 0 Å². The SMILES string of the molecule is CC(C)CCC1CC(CCC(C)C)C(O)C(C)(NC(=O)CCCN)C1O. The van der Waals surface area contributed by atoms with Crippen LogP contribution >= 0.6 is 0 Å². The lowest BCUT2D eigenvalue weighted by Gasteiger charge is -2.51. The summed E-state index contributed by atoms with van der Waals surface area (Å²) in [6, 6.07) is 0. The zero-order valence-corrected chi connectivity index (χ0v) is 17.5. The number of aliphatic hydroxyl groups is 2. The summed E-state index contributed by atoms with van der Waals surface area (Å²) in [6.07, 6.45) is 4.27. The van der Waals surface area contributed by atoms with Crippen molar-refractivity contribution in [1.29, 1.82) is 0 Å². The van der Waals surface area contributed by atoms with Crippen molar-refractivity contribution in [3.05, 3.63) is 0 Å². The summed E-state index contributed by atoms with van der Waals surface area (Å²) in [5.41, 5.74) is 4.51. The predicted molar refractivity (Wildman–Crippen MR) is 107 cm³/mol. The van der Waals surface area contributed by atoms with E-state index in [9.17, 15) is 15.0 Å². The average Bonchev–Trinajstić information content (AvgIpc) is 2.56. The third-order valence-electron chi connectivity index (χ3n) is 5.97. The summed E-state index contributed by atoms with van der Waals surface area (Å²) in [6.45, 7) is 11.0. The van der Waals surface area contributed by atoms with E-state index >= 15 is 0 Å². The molecule has 1 fully saturated rings. The normalized spacial score (nSPS) is 32.2. The molecule has 1 amide bonds. The van der Waals surface area contributed by atoms with Crippen LogP contribution in [-0.4, -0.2) is 40.4 Å². The third-order valence-corrected chi connectivity index (χ3v) is 5.97. The Kier molecular flexibility index (Phi) is 9.56. The lowest BCUT2D eigenvalue weighted by molar-refractivity contribution is -0.142. The summed E-state index contributed by atoms with van der Waals surface area (Å²) in [5.74, 6) is 1.24. The average molecular weight is 371 g/mol. The minimum Gasteiger partial charge on any atom is -0.390 e. The number of hydrogen-bond acceptors (Lipinski definition) is 4. The Labute approximate surface area is 160 Å². The van der Waals surface area contributed by atoms with Gasteiger partial charge in [-0.1, -0.05) is 40.5 Å². The molecule has 0 heterocycles. The molecular weight excluding hydrogens is 328 g/mol. The molecule has 0 aromatic heterocycles. The topological polar surface area (TPSA) is 95.6 Å². The maximum atomic E-state index is 12.3. The van der Waals surface area contributed by atoms with Crippen LogP contribution in [-0.2, 0) is 4.79 Å². The van der Waals surface area contributed by atoms with Gasteiger partial charge in [0, 0.05) is 6.42 Å². The maximum Gasteiger partial charge on any atom is 0.220 e. The van der Waals surface area contributed by atoms with E-state index in [1.165, 1.54) is 0 Å². The largest absolute Gasteiger partial charge is 0.390 e. The van der Waals surface area contributed by atoms with Crippen LogP contribution in [0.5, 0.6) is 0 Å². The van der Waals surface area contributed by atoms with Crippen LogP contribution in [0.1, 0.15) is 79.6 Å². The Bertz CT molecular complexity index is 401. The Morgan fingerprint density at radius 1 is 1.08 bits per heavy atom. The van der Waals surface area contributed by atoms with Crippen molar-refractivity contribution in [2.24, 2.45) is 29.4 Å². The molecule has 0 aromatic carbocycles. The van der Waals surface area contributed by atoms with E-state index in [-0.39, 0.29) is 17.7 Å². The van der Waals surface area contributed by atoms with E-state index in [0.717, 1.165) is 32.1 Å². The number of nitrogens with one attached hydrogen (secondary N) is 1. The second-order valence-electron chi connectivity index (χ2n) is 9.31. The van der Waals surface area contributed by atoms with Crippen LogP contribution in [0, 0.1) is 23.7 Å². The van der Waals surface area contributed by atoms with Gasteiger partial charge in [-0.2, -0.15) is 0 Å². The van der Waals surface area contributed by atoms with Gasteiger partial charge in [0.05, 0.1) is 17.7 Å². The molecular formula is C21H42N2O3. The highest BCUT2D eigenvalue weighted by atomic mass is 16.3. The highest BCUT2D eigenvalue weighted by Crippen LogP contribution is 2.41. The summed E-state index contributed by atoms with van der Waals surface area (Å²) in [4.78, 5) is 12.3. The standard InChI is InChI=1S/C21H42N2O3/c1-14(2)8-10-16-13-17(11-9-15(3)4)20(26)21(5,19(16)25)23-18(24)7-6-12-22/h14-17,19-20,25-26H,6-13,22H2,1-5H3,(H,23,24). The van der Waals surface area contributed by atoms with Crippen LogP contribution in [0.2, 0.25) is 0 Å². The van der Waals surface area contributed by atoms with Crippen molar-refractivity contribution in [1.82, 2.24) is 5.32 Å². The summed E-state index contributed by atoms with van der Waals surface area (Å²) in [7, 11) is 0. The van der Waals surface area contributed by atoms with Gasteiger partial charge in [0.25, 0.3) is 0 Å². The van der Waals surface area contributed by atoms with Gasteiger partial charge in [-0.05, 0) is 62.8 Å². The van der Waals surface area contributed by atoms with E-state index in [1.54, 1.807) is 0 Å². The van der Waals surface area contributed by atoms with E-state index < -0.39 is 17.7 Å². The lowest BCUT2D eigenvalue weighted by atomic mass is 9.64. The van der Waals surface area contributed by atoms with Crippen molar-refractivity contribution in [2.45, 2.75) is 97.3 Å². The number of amides is 1. The number of rotatable bonds is 10. The minimum atomic E-state index is -0.993. The molecule has 154 valence electrons. The van der Waals surface area contributed by atoms with Crippen LogP contribution < -0.4 is 11.1 Å².